The molecule has 1 aliphatic carbocycles. The zero-order valence-corrected chi connectivity index (χ0v) is 15.0. The fourth-order valence-electron chi connectivity index (χ4n) is 3.04. The Kier molecular flexibility index (Phi) is 5.38. The van der Waals surface area contributed by atoms with E-state index in [1.807, 2.05) is 0 Å². The zero-order chi connectivity index (χ0) is 18.7. The van der Waals surface area contributed by atoms with Gasteiger partial charge in [-0.3, -0.25) is 9.59 Å². The summed E-state index contributed by atoms with van der Waals surface area (Å²) in [6.45, 7) is 6.54. The van der Waals surface area contributed by atoms with E-state index in [4.69, 9.17) is 4.74 Å². The summed E-state index contributed by atoms with van der Waals surface area (Å²) in [4.78, 5) is 25.3. The summed E-state index contributed by atoms with van der Waals surface area (Å²) in [6, 6.07) is 9.61. The average molecular weight is 353 g/mol. The van der Waals surface area contributed by atoms with Crippen molar-refractivity contribution in [2.75, 3.05) is 19.7 Å². The van der Waals surface area contributed by atoms with Crippen LogP contribution in [0.2, 0.25) is 0 Å². The standard InChI is InChI=1S/C21H23NO4/c1-13(2)12-22-8-5-9-26-14-10-17-19(18(23)11-14)21(25)16-7-4-3-6-15(16)20(17)24/h3-4,6-7,10-11,13,22-23H,5,8-9,12H2,1-2H3. The van der Waals surface area contributed by atoms with Gasteiger partial charge in [-0.25, -0.2) is 0 Å². The molecular weight excluding hydrogens is 330 g/mol. The lowest BCUT2D eigenvalue weighted by molar-refractivity contribution is 0.0976. The minimum atomic E-state index is -0.336. The zero-order valence-electron chi connectivity index (χ0n) is 15.0. The summed E-state index contributed by atoms with van der Waals surface area (Å²) in [5.41, 5.74) is 0.936. The number of carbonyl (C=O) groups excluding carboxylic acids is 2. The average Bonchev–Trinajstić information content (AvgIpc) is 2.62. The van der Waals surface area contributed by atoms with Crippen molar-refractivity contribution in [2.45, 2.75) is 20.3 Å². The number of hydrogen-bond donors (Lipinski definition) is 2. The third-order valence-corrected chi connectivity index (χ3v) is 4.30. The molecule has 2 N–H and O–H groups in total. The molecule has 2 aromatic carbocycles. The highest BCUT2D eigenvalue weighted by Crippen LogP contribution is 2.35. The van der Waals surface area contributed by atoms with Crippen LogP contribution in [0.4, 0.5) is 0 Å². The lowest BCUT2D eigenvalue weighted by Crippen LogP contribution is -2.22. The minimum Gasteiger partial charge on any atom is -0.507 e. The third kappa shape index (κ3) is 3.63. The number of carbonyl (C=O) groups is 2. The van der Waals surface area contributed by atoms with Gasteiger partial charge in [0.2, 0.25) is 0 Å². The quantitative estimate of drug-likeness (QED) is 0.638. The maximum absolute atomic E-state index is 12.7. The van der Waals surface area contributed by atoms with Crippen LogP contribution in [-0.4, -0.2) is 36.4 Å². The van der Waals surface area contributed by atoms with E-state index in [0.717, 1.165) is 19.5 Å². The van der Waals surface area contributed by atoms with Crippen molar-refractivity contribution in [3.05, 3.63) is 58.7 Å². The number of ether oxygens (including phenoxy) is 1. The Hall–Kier alpha value is -2.66. The van der Waals surface area contributed by atoms with Crippen LogP contribution in [-0.2, 0) is 0 Å². The van der Waals surface area contributed by atoms with Crippen LogP contribution < -0.4 is 10.1 Å². The molecule has 0 amide bonds. The summed E-state index contributed by atoms with van der Waals surface area (Å²) < 4.78 is 5.67. The number of phenolic OH excluding ortho intramolecular Hbond substituents is 1. The largest absolute Gasteiger partial charge is 0.507 e. The van der Waals surface area contributed by atoms with Crippen LogP contribution in [0.25, 0.3) is 0 Å². The van der Waals surface area contributed by atoms with Gasteiger partial charge >= 0.3 is 0 Å². The second-order valence-electron chi connectivity index (χ2n) is 6.87. The molecule has 3 rings (SSSR count). The topological polar surface area (TPSA) is 75.6 Å². The van der Waals surface area contributed by atoms with Gasteiger partial charge in [-0.2, -0.15) is 0 Å². The monoisotopic (exact) mass is 353 g/mol. The van der Waals surface area contributed by atoms with Gasteiger partial charge in [-0.1, -0.05) is 38.1 Å². The lowest BCUT2D eigenvalue weighted by Gasteiger charge is -2.19. The van der Waals surface area contributed by atoms with E-state index in [2.05, 4.69) is 19.2 Å². The molecule has 0 saturated carbocycles. The van der Waals surface area contributed by atoms with Gasteiger partial charge in [0.05, 0.1) is 12.2 Å². The summed E-state index contributed by atoms with van der Waals surface area (Å²) >= 11 is 0. The van der Waals surface area contributed by atoms with E-state index >= 15 is 0 Å². The molecule has 0 radical (unpaired) electrons. The van der Waals surface area contributed by atoms with Crippen molar-refractivity contribution in [2.24, 2.45) is 5.92 Å². The molecule has 0 spiro atoms. The number of benzene rings is 2. The molecule has 1 aliphatic rings. The van der Waals surface area contributed by atoms with Gasteiger partial charge in [-0.15, -0.1) is 0 Å². The number of fused-ring (bicyclic) bond motifs is 2. The molecule has 0 atom stereocenters. The number of nitrogens with one attached hydrogen (secondary N) is 1. The molecule has 0 aliphatic heterocycles. The number of rotatable bonds is 7. The maximum Gasteiger partial charge on any atom is 0.198 e. The second-order valence-corrected chi connectivity index (χ2v) is 6.87. The van der Waals surface area contributed by atoms with E-state index in [1.165, 1.54) is 6.07 Å². The number of hydrogen-bond acceptors (Lipinski definition) is 5. The maximum atomic E-state index is 12.7. The van der Waals surface area contributed by atoms with E-state index in [9.17, 15) is 14.7 Å². The molecule has 136 valence electrons. The fraction of sp³-hybridized carbons (Fsp3) is 0.333. The second kappa shape index (κ2) is 7.70. The number of aromatic hydroxyl groups is 1. The molecule has 26 heavy (non-hydrogen) atoms. The first-order valence-electron chi connectivity index (χ1n) is 8.88. The first-order valence-corrected chi connectivity index (χ1v) is 8.88. The van der Waals surface area contributed by atoms with Gasteiger partial charge in [0.25, 0.3) is 0 Å². The third-order valence-electron chi connectivity index (χ3n) is 4.30. The molecule has 0 fully saturated rings. The van der Waals surface area contributed by atoms with Crippen LogP contribution in [0.5, 0.6) is 11.5 Å². The molecule has 0 heterocycles. The molecule has 0 saturated heterocycles. The van der Waals surface area contributed by atoms with Crippen molar-refractivity contribution < 1.29 is 19.4 Å². The molecule has 0 aromatic heterocycles. The van der Waals surface area contributed by atoms with Gasteiger partial charge in [0, 0.05) is 22.8 Å². The van der Waals surface area contributed by atoms with Crippen LogP contribution >= 0.6 is 0 Å². The minimum absolute atomic E-state index is 0.0552. The van der Waals surface area contributed by atoms with Crippen molar-refractivity contribution in [3.8, 4) is 11.5 Å². The predicted molar refractivity (Wildman–Crippen MR) is 99.2 cm³/mol. The highest BCUT2D eigenvalue weighted by molar-refractivity contribution is 6.29. The highest BCUT2D eigenvalue weighted by atomic mass is 16.5. The normalized spacial score (nSPS) is 12.9. The van der Waals surface area contributed by atoms with Crippen LogP contribution in [0.3, 0.4) is 0 Å². The van der Waals surface area contributed by atoms with Crippen LogP contribution in [0, 0.1) is 5.92 Å². The first-order chi connectivity index (χ1) is 12.5. The van der Waals surface area contributed by atoms with E-state index < -0.39 is 0 Å². The van der Waals surface area contributed by atoms with E-state index in [-0.39, 0.29) is 28.4 Å². The van der Waals surface area contributed by atoms with Crippen LogP contribution in [0.15, 0.2) is 36.4 Å². The Morgan fingerprint density at radius 3 is 2.42 bits per heavy atom. The predicted octanol–water partition coefficient (Wildman–Crippen LogP) is 3.18. The molecule has 5 nitrogen and oxygen atoms in total. The Labute approximate surface area is 153 Å². The van der Waals surface area contributed by atoms with Crippen molar-refractivity contribution >= 4 is 11.6 Å². The lowest BCUT2D eigenvalue weighted by atomic mass is 9.83. The van der Waals surface area contributed by atoms with Crippen LogP contribution in [0.1, 0.15) is 52.1 Å². The van der Waals surface area contributed by atoms with Crippen molar-refractivity contribution in [1.82, 2.24) is 5.32 Å². The van der Waals surface area contributed by atoms with E-state index in [1.54, 1.807) is 30.3 Å². The molecule has 0 unspecified atom stereocenters. The summed E-state index contributed by atoms with van der Waals surface area (Å²) in [5.74, 6) is 0.167. The van der Waals surface area contributed by atoms with Gasteiger partial charge in [0.15, 0.2) is 11.6 Å². The Morgan fingerprint density at radius 2 is 1.73 bits per heavy atom. The molecule has 2 aromatic rings. The summed E-state index contributed by atoms with van der Waals surface area (Å²) in [6.07, 6.45) is 0.806. The Morgan fingerprint density at radius 1 is 1.04 bits per heavy atom. The number of ketones is 2. The molecule has 5 heteroatoms. The Bertz CT molecular complexity index is 842. The molecular formula is C21H23NO4. The van der Waals surface area contributed by atoms with Crippen molar-refractivity contribution in [3.63, 3.8) is 0 Å². The fourth-order valence-corrected chi connectivity index (χ4v) is 3.04. The van der Waals surface area contributed by atoms with Gasteiger partial charge < -0.3 is 15.2 Å². The summed E-state index contributed by atoms with van der Waals surface area (Å²) in [7, 11) is 0. The van der Waals surface area contributed by atoms with Crippen molar-refractivity contribution in [1.29, 1.82) is 0 Å². The SMILES string of the molecule is CC(C)CNCCCOc1cc(O)c2c(c1)C(=O)c1ccccc1C2=O. The first kappa shape index (κ1) is 18.1. The van der Waals surface area contributed by atoms with Gasteiger partial charge in [0.1, 0.15) is 11.5 Å². The highest BCUT2D eigenvalue weighted by Gasteiger charge is 2.32. The summed E-state index contributed by atoms with van der Waals surface area (Å²) in [5, 5.41) is 13.6. The van der Waals surface area contributed by atoms with E-state index in [0.29, 0.717) is 29.4 Å². The van der Waals surface area contributed by atoms with Gasteiger partial charge in [-0.05, 0) is 31.5 Å². The number of phenols is 1. The molecule has 0 bridgehead atoms. The smallest absolute Gasteiger partial charge is 0.198 e. The Balaban J connectivity index is 1.73.